The lowest BCUT2D eigenvalue weighted by Crippen LogP contribution is -2.30. The van der Waals surface area contributed by atoms with Crippen LogP contribution in [0.25, 0.3) is 22.5 Å². The molecule has 0 spiro atoms. The van der Waals surface area contributed by atoms with Crippen molar-refractivity contribution in [3.63, 3.8) is 0 Å². The quantitative estimate of drug-likeness (QED) is 0.298. The van der Waals surface area contributed by atoms with Gasteiger partial charge < -0.3 is 15.2 Å². The van der Waals surface area contributed by atoms with Crippen LogP contribution < -0.4 is 10.2 Å². The van der Waals surface area contributed by atoms with Gasteiger partial charge in [-0.3, -0.25) is 0 Å². The standard InChI is InChI=1S/C28H28F3N5/c29-28(30,31)23-11-7-10-21(18-23)25-26(35-27(34-25)36-16-5-2-6-17-36)22-13-15-33-24(19-22)32-14-12-20-8-3-1-4-9-20/h1,3-4,7-11,13,15,18-19H,2,5-6,12,14,16-17H2,(H,32,33)(H,34,35). The minimum Gasteiger partial charge on any atom is -0.370 e. The number of aromatic nitrogens is 3. The molecule has 4 aromatic rings. The summed E-state index contributed by atoms with van der Waals surface area (Å²) >= 11 is 0. The normalized spacial score (nSPS) is 14.1. The van der Waals surface area contributed by atoms with Crippen molar-refractivity contribution in [1.82, 2.24) is 15.0 Å². The number of nitrogens with one attached hydrogen (secondary N) is 2. The molecule has 0 bridgehead atoms. The number of piperidine rings is 1. The van der Waals surface area contributed by atoms with E-state index in [2.05, 4.69) is 32.3 Å². The molecule has 0 radical (unpaired) electrons. The Morgan fingerprint density at radius 2 is 1.69 bits per heavy atom. The van der Waals surface area contributed by atoms with Crippen LogP contribution in [-0.4, -0.2) is 34.6 Å². The Bertz CT molecular complexity index is 1290. The average molecular weight is 492 g/mol. The van der Waals surface area contributed by atoms with Gasteiger partial charge in [0.1, 0.15) is 5.82 Å². The number of anilines is 2. The molecule has 0 amide bonds. The van der Waals surface area contributed by atoms with Gasteiger partial charge in [-0.1, -0.05) is 42.5 Å². The van der Waals surface area contributed by atoms with E-state index >= 15 is 0 Å². The molecule has 5 rings (SSSR count). The fraction of sp³-hybridized carbons (Fsp3) is 0.286. The Morgan fingerprint density at radius 3 is 2.47 bits per heavy atom. The summed E-state index contributed by atoms with van der Waals surface area (Å²) in [5.74, 6) is 1.39. The van der Waals surface area contributed by atoms with E-state index in [0.717, 1.165) is 44.0 Å². The van der Waals surface area contributed by atoms with Crippen LogP contribution in [0.4, 0.5) is 24.9 Å². The maximum atomic E-state index is 13.4. The molecular formula is C28H28F3N5. The molecule has 186 valence electrons. The number of hydrogen-bond donors (Lipinski definition) is 2. The molecule has 1 fully saturated rings. The van der Waals surface area contributed by atoms with Crippen molar-refractivity contribution >= 4 is 11.8 Å². The fourth-order valence-corrected chi connectivity index (χ4v) is 4.54. The molecule has 0 saturated carbocycles. The van der Waals surface area contributed by atoms with Crippen LogP contribution in [0.3, 0.4) is 0 Å². The van der Waals surface area contributed by atoms with Crippen molar-refractivity contribution in [2.45, 2.75) is 31.9 Å². The molecule has 1 aliphatic heterocycles. The van der Waals surface area contributed by atoms with Gasteiger partial charge >= 0.3 is 6.18 Å². The van der Waals surface area contributed by atoms with Crippen LogP contribution >= 0.6 is 0 Å². The highest BCUT2D eigenvalue weighted by Crippen LogP contribution is 2.37. The van der Waals surface area contributed by atoms with Crippen molar-refractivity contribution in [2.75, 3.05) is 29.9 Å². The second-order valence-electron chi connectivity index (χ2n) is 9.00. The Labute approximate surface area is 208 Å². The predicted molar refractivity (Wildman–Crippen MR) is 137 cm³/mol. The SMILES string of the molecule is FC(F)(F)c1cccc(-c2nc(N3CCCCC3)[nH]c2-c2ccnc(NCCc3ccccc3)c2)c1. The third-order valence-electron chi connectivity index (χ3n) is 6.42. The summed E-state index contributed by atoms with van der Waals surface area (Å²) in [5.41, 5.74) is 2.97. The molecule has 2 N–H and O–H groups in total. The van der Waals surface area contributed by atoms with E-state index in [0.29, 0.717) is 35.3 Å². The number of hydrogen-bond acceptors (Lipinski definition) is 4. The van der Waals surface area contributed by atoms with Crippen LogP contribution in [0, 0.1) is 0 Å². The van der Waals surface area contributed by atoms with Gasteiger partial charge in [0.05, 0.1) is 17.0 Å². The van der Waals surface area contributed by atoms with Gasteiger partial charge in [-0.15, -0.1) is 0 Å². The largest absolute Gasteiger partial charge is 0.416 e. The number of imidazole rings is 1. The zero-order chi connectivity index (χ0) is 25.0. The van der Waals surface area contributed by atoms with E-state index in [1.807, 2.05) is 30.3 Å². The number of alkyl halides is 3. The Balaban J connectivity index is 1.47. The van der Waals surface area contributed by atoms with Crippen molar-refractivity contribution in [3.8, 4) is 22.5 Å². The summed E-state index contributed by atoms with van der Waals surface area (Å²) in [4.78, 5) is 14.8. The Hall–Kier alpha value is -3.81. The highest BCUT2D eigenvalue weighted by atomic mass is 19.4. The van der Waals surface area contributed by atoms with E-state index in [-0.39, 0.29) is 0 Å². The van der Waals surface area contributed by atoms with E-state index in [9.17, 15) is 13.2 Å². The summed E-state index contributed by atoms with van der Waals surface area (Å²) in [6, 6.07) is 19.3. The Kier molecular flexibility index (Phi) is 6.93. The summed E-state index contributed by atoms with van der Waals surface area (Å²) in [5, 5.41) is 3.36. The lowest BCUT2D eigenvalue weighted by molar-refractivity contribution is -0.137. The maximum Gasteiger partial charge on any atom is 0.416 e. The van der Waals surface area contributed by atoms with Gasteiger partial charge in [0.2, 0.25) is 5.95 Å². The van der Waals surface area contributed by atoms with Crippen molar-refractivity contribution in [2.24, 2.45) is 0 Å². The van der Waals surface area contributed by atoms with Gasteiger partial charge in [-0.2, -0.15) is 13.2 Å². The number of nitrogens with zero attached hydrogens (tertiary/aromatic N) is 3. The number of aromatic amines is 1. The third-order valence-corrected chi connectivity index (χ3v) is 6.42. The van der Waals surface area contributed by atoms with E-state index in [1.54, 1.807) is 12.3 Å². The molecule has 1 saturated heterocycles. The molecule has 0 aliphatic carbocycles. The zero-order valence-corrected chi connectivity index (χ0v) is 19.9. The zero-order valence-electron chi connectivity index (χ0n) is 19.9. The summed E-state index contributed by atoms with van der Waals surface area (Å²) in [6.45, 7) is 2.46. The van der Waals surface area contributed by atoms with E-state index < -0.39 is 11.7 Å². The highest BCUT2D eigenvalue weighted by Gasteiger charge is 2.31. The topological polar surface area (TPSA) is 56.8 Å². The molecule has 3 heterocycles. The summed E-state index contributed by atoms with van der Waals surface area (Å²) in [6.07, 6.45) is 1.45. The lowest BCUT2D eigenvalue weighted by atomic mass is 10.0. The molecule has 5 nitrogen and oxygen atoms in total. The maximum absolute atomic E-state index is 13.4. The Morgan fingerprint density at radius 1 is 0.889 bits per heavy atom. The van der Waals surface area contributed by atoms with E-state index in [4.69, 9.17) is 4.98 Å². The smallest absolute Gasteiger partial charge is 0.370 e. The molecule has 2 aromatic heterocycles. The number of H-pyrrole nitrogens is 1. The van der Waals surface area contributed by atoms with Crippen molar-refractivity contribution in [1.29, 1.82) is 0 Å². The summed E-state index contributed by atoms with van der Waals surface area (Å²) < 4.78 is 40.3. The molecule has 36 heavy (non-hydrogen) atoms. The van der Waals surface area contributed by atoms with Crippen molar-refractivity contribution < 1.29 is 13.2 Å². The molecule has 0 unspecified atom stereocenters. The van der Waals surface area contributed by atoms with E-state index in [1.165, 1.54) is 24.1 Å². The first-order valence-corrected chi connectivity index (χ1v) is 12.2. The third kappa shape index (κ3) is 5.53. The van der Waals surface area contributed by atoms with Crippen molar-refractivity contribution in [3.05, 3.63) is 84.1 Å². The first-order chi connectivity index (χ1) is 17.5. The van der Waals surface area contributed by atoms with Crippen LogP contribution in [0.1, 0.15) is 30.4 Å². The first-order valence-electron chi connectivity index (χ1n) is 12.2. The van der Waals surface area contributed by atoms with Gasteiger partial charge in [0, 0.05) is 37.0 Å². The van der Waals surface area contributed by atoms with Gasteiger partial charge in [0.15, 0.2) is 0 Å². The number of pyridine rings is 1. The summed E-state index contributed by atoms with van der Waals surface area (Å²) in [7, 11) is 0. The average Bonchev–Trinajstić information content (AvgIpc) is 3.35. The lowest BCUT2D eigenvalue weighted by Gasteiger charge is -2.25. The van der Waals surface area contributed by atoms with Gasteiger partial charge in [0.25, 0.3) is 0 Å². The molecule has 8 heteroatoms. The number of rotatable bonds is 7. The van der Waals surface area contributed by atoms with Gasteiger partial charge in [-0.25, -0.2) is 9.97 Å². The second-order valence-corrected chi connectivity index (χ2v) is 9.00. The second kappa shape index (κ2) is 10.4. The fourth-order valence-electron chi connectivity index (χ4n) is 4.54. The predicted octanol–water partition coefficient (Wildman–Crippen LogP) is 6.80. The molecule has 0 atom stereocenters. The molecule has 1 aliphatic rings. The highest BCUT2D eigenvalue weighted by molar-refractivity contribution is 5.81. The molecule has 2 aromatic carbocycles. The van der Waals surface area contributed by atoms with Gasteiger partial charge in [-0.05, 0) is 55.5 Å². The monoisotopic (exact) mass is 491 g/mol. The van der Waals surface area contributed by atoms with Crippen LogP contribution in [0.15, 0.2) is 72.9 Å². The van der Waals surface area contributed by atoms with Crippen LogP contribution in [0.5, 0.6) is 0 Å². The minimum absolute atomic E-state index is 0.426. The molecular weight excluding hydrogens is 463 g/mol. The van der Waals surface area contributed by atoms with Crippen LogP contribution in [0.2, 0.25) is 0 Å². The minimum atomic E-state index is -4.42. The number of halogens is 3. The van der Waals surface area contributed by atoms with Crippen LogP contribution in [-0.2, 0) is 12.6 Å². The number of benzene rings is 2. The first kappa shape index (κ1) is 23.9.